The lowest BCUT2D eigenvalue weighted by atomic mass is 10.2. The SMILES string of the molecule is O=C(CN1CCSCC1)NC[C@H]1COc2ccccc2O1. The van der Waals surface area contributed by atoms with Crippen LogP contribution in [-0.4, -0.2) is 61.2 Å². The summed E-state index contributed by atoms with van der Waals surface area (Å²) >= 11 is 1.95. The van der Waals surface area contributed by atoms with Crippen molar-refractivity contribution in [3.63, 3.8) is 0 Å². The van der Waals surface area contributed by atoms with Gasteiger partial charge in [-0.2, -0.15) is 11.8 Å². The molecule has 3 rings (SSSR count). The van der Waals surface area contributed by atoms with E-state index in [9.17, 15) is 4.79 Å². The second kappa shape index (κ2) is 7.04. The van der Waals surface area contributed by atoms with Crippen LogP contribution >= 0.6 is 11.8 Å². The topological polar surface area (TPSA) is 50.8 Å². The lowest BCUT2D eigenvalue weighted by molar-refractivity contribution is -0.122. The summed E-state index contributed by atoms with van der Waals surface area (Å²) in [7, 11) is 0. The maximum absolute atomic E-state index is 11.9. The Morgan fingerprint density at radius 2 is 2.05 bits per heavy atom. The summed E-state index contributed by atoms with van der Waals surface area (Å²) in [4.78, 5) is 14.1. The number of hydrogen-bond donors (Lipinski definition) is 1. The van der Waals surface area contributed by atoms with Gasteiger partial charge < -0.3 is 14.8 Å². The van der Waals surface area contributed by atoms with Gasteiger partial charge in [0.25, 0.3) is 0 Å². The third-order valence-corrected chi connectivity index (χ3v) is 4.51. The summed E-state index contributed by atoms with van der Waals surface area (Å²) in [5.74, 6) is 3.80. The third kappa shape index (κ3) is 4.04. The molecule has 1 saturated heterocycles. The number of rotatable bonds is 4. The number of benzene rings is 1. The molecule has 1 aromatic carbocycles. The van der Waals surface area contributed by atoms with E-state index >= 15 is 0 Å². The van der Waals surface area contributed by atoms with E-state index in [-0.39, 0.29) is 12.0 Å². The van der Waals surface area contributed by atoms with Gasteiger partial charge in [0.05, 0.1) is 13.1 Å². The van der Waals surface area contributed by atoms with Crippen molar-refractivity contribution in [1.82, 2.24) is 10.2 Å². The van der Waals surface area contributed by atoms with Crippen molar-refractivity contribution in [2.24, 2.45) is 0 Å². The number of nitrogens with zero attached hydrogens (tertiary/aromatic N) is 1. The van der Waals surface area contributed by atoms with Crippen molar-refractivity contribution in [2.45, 2.75) is 6.10 Å². The van der Waals surface area contributed by atoms with Crippen LogP contribution in [0.5, 0.6) is 11.5 Å². The molecule has 1 fully saturated rings. The Hall–Kier alpha value is -1.40. The molecule has 5 nitrogen and oxygen atoms in total. The van der Waals surface area contributed by atoms with E-state index < -0.39 is 0 Å². The molecule has 1 aromatic rings. The highest BCUT2D eigenvalue weighted by Crippen LogP contribution is 2.30. The number of ether oxygens (including phenoxy) is 2. The monoisotopic (exact) mass is 308 g/mol. The zero-order valence-electron chi connectivity index (χ0n) is 11.9. The molecule has 0 spiro atoms. The first-order valence-corrected chi connectivity index (χ1v) is 8.42. The summed E-state index contributed by atoms with van der Waals surface area (Å²) in [5, 5.41) is 2.94. The number of nitrogens with one attached hydrogen (secondary N) is 1. The Balaban J connectivity index is 1.42. The summed E-state index contributed by atoms with van der Waals surface area (Å²) in [6, 6.07) is 7.60. The Bertz CT molecular complexity index is 492. The molecule has 1 atom stereocenters. The maximum Gasteiger partial charge on any atom is 0.234 e. The summed E-state index contributed by atoms with van der Waals surface area (Å²) in [5.41, 5.74) is 0. The minimum absolute atomic E-state index is 0.0596. The maximum atomic E-state index is 11.9. The first-order valence-electron chi connectivity index (χ1n) is 7.26. The molecule has 2 aliphatic rings. The zero-order valence-corrected chi connectivity index (χ0v) is 12.7. The van der Waals surface area contributed by atoms with Gasteiger partial charge in [-0.1, -0.05) is 12.1 Å². The molecule has 2 aliphatic heterocycles. The van der Waals surface area contributed by atoms with Gasteiger partial charge in [0.1, 0.15) is 12.7 Å². The van der Waals surface area contributed by atoms with Crippen LogP contribution in [0.25, 0.3) is 0 Å². The van der Waals surface area contributed by atoms with Crippen molar-refractivity contribution in [2.75, 3.05) is 44.3 Å². The summed E-state index contributed by atoms with van der Waals surface area (Å²) in [6.45, 7) is 3.42. The van der Waals surface area contributed by atoms with E-state index in [2.05, 4.69) is 10.2 Å². The van der Waals surface area contributed by atoms with Gasteiger partial charge in [-0.25, -0.2) is 0 Å². The number of carbonyl (C=O) groups is 1. The van der Waals surface area contributed by atoms with Crippen molar-refractivity contribution in [1.29, 1.82) is 0 Å². The van der Waals surface area contributed by atoms with Crippen molar-refractivity contribution in [3.8, 4) is 11.5 Å². The molecular weight excluding hydrogens is 288 g/mol. The van der Waals surface area contributed by atoms with Gasteiger partial charge >= 0.3 is 0 Å². The van der Waals surface area contributed by atoms with Gasteiger partial charge in [-0.05, 0) is 12.1 Å². The van der Waals surface area contributed by atoms with Crippen LogP contribution in [0.1, 0.15) is 0 Å². The minimum atomic E-state index is -0.124. The highest BCUT2D eigenvalue weighted by molar-refractivity contribution is 7.99. The van der Waals surface area contributed by atoms with Crippen LogP contribution in [0.3, 0.4) is 0 Å². The van der Waals surface area contributed by atoms with Gasteiger partial charge in [0.15, 0.2) is 11.5 Å². The van der Waals surface area contributed by atoms with Gasteiger partial charge in [0.2, 0.25) is 5.91 Å². The molecule has 0 aromatic heterocycles. The van der Waals surface area contributed by atoms with E-state index in [1.807, 2.05) is 36.0 Å². The molecule has 21 heavy (non-hydrogen) atoms. The summed E-state index contributed by atoms with van der Waals surface area (Å²) < 4.78 is 11.4. The minimum Gasteiger partial charge on any atom is -0.486 e. The first kappa shape index (κ1) is 14.5. The molecule has 1 amide bonds. The van der Waals surface area contributed by atoms with Gasteiger partial charge in [-0.15, -0.1) is 0 Å². The van der Waals surface area contributed by atoms with Crippen LogP contribution in [0.2, 0.25) is 0 Å². The molecule has 0 aliphatic carbocycles. The average Bonchev–Trinajstić information content (AvgIpc) is 2.54. The number of carbonyl (C=O) groups excluding carboxylic acids is 1. The van der Waals surface area contributed by atoms with Crippen LogP contribution < -0.4 is 14.8 Å². The average molecular weight is 308 g/mol. The zero-order chi connectivity index (χ0) is 14.5. The molecule has 0 bridgehead atoms. The molecule has 0 saturated carbocycles. The van der Waals surface area contributed by atoms with Gasteiger partial charge in [-0.3, -0.25) is 9.69 Å². The van der Waals surface area contributed by atoms with Crippen molar-refractivity contribution < 1.29 is 14.3 Å². The Labute approximate surface area is 129 Å². The first-order chi connectivity index (χ1) is 10.3. The summed E-state index contributed by atoms with van der Waals surface area (Å²) in [6.07, 6.45) is -0.124. The van der Waals surface area contributed by atoms with Crippen molar-refractivity contribution >= 4 is 17.7 Å². The fourth-order valence-electron chi connectivity index (χ4n) is 2.41. The molecule has 114 valence electrons. The fraction of sp³-hybridized carbons (Fsp3) is 0.533. The van der Waals surface area contributed by atoms with Crippen LogP contribution in [-0.2, 0) is 4.79 Å². The Morgan fingerprint density at radius 1 is 1.29 bits per heavy atom. The predicted molar refractivity (Wildman–Crippen MR) is 83.1 cm³/mol. The van der Waals surface area contributed by atoms with Crippen LogP contribution in [0.15, 0.2) is 24.3 Å². The molecule has 0 unspecified atom stereocenters. The van der Waals surface area contributed by atoms with Crippen LogP contribution in [0.4, 0.5) is 0 Å². The predicted octanol–water partition coefficient (Wildman–Crippen LogP) is 0.991. The van der Waals surface area contributed by atoms with E-state index in [0.29, 0.717) is 19.7 Å². The lowest BCUT2D eigenvalue weighted by Crippen LogP contribution is -2.45. The Kier molecular flexibility index (Phi) is 4.87. The standard InChI is InChI=1S/C15H20N2O3S/c18-15(10-17-5-7-21-8-6-17)16-9-12-11-19-13-3-1-2-4-14(13)20-12/h1-4,12H,5-11H2,(H,16,18)/t12-/m0/s1. The largest absolute Gasteiger partial charge is 0.486 e. The highest BCUT2D eigenvalue weighted by Gasteiger charge is 2.21. The Morgan fingerprint density at radius 3 is 2.86 bits per heavy atom. The molecular formula is C15H20N2O3S. The van der Waals surface area contributed by atoms with Gasteiger partial charge in [0, 0.05) is 24.6 Å². The number of amides is 1. The molecule has 6 heteroatoms. The second-order valence-electron chi connectivity index (χ2n) is 5.19. The molecule has 0 radical (unpaired) electrons. The normalized spacial score (nSPS) is 21.8. The number of para-hydroxylation sites is 2. The quantitative estimate of drug-likeness (QED) is 0.899. The fourth-order valence-corrected chi connectivity index (χ4v) is 3.39. The smallest absolute Gasteiger partial charge is 0.234 e. The van der Waals surface area contributed by atoms with Crippen LogP contribution in [0, 0.1) is 0 Å². The van der Waals surface area contributed by atoms with E-state index in [4.69, 9.17) is 9.47 Å². The van der Waals surface area contributed by atoms with E-state index in [1.165, 1.54) is 0 Å². The third-order valence-electron chi connectivity index (χ3n) is 3.57. The lowest BCUT2D eigenvalue weighted by Gasteiger charge is -2.28. The second-order valence-corrected chi connectivity index (χ2v) is 6.41. The number of fused-ring (bicyclic) bond motifs is 1. The number of hydrogen-bond acceptors (Lipinski definition) is 5. The number of thioether (sulfide) groups is 1. The van der Waals surface area contributed by atoms with E-state index in [1.54, 1.807) is 0 Å². The highest BCUT2D eigenvalue weighted by atomic mass is 32.2. The van der Waals surface area contributed by atoms with E-state index in [0.717, 1.165) is 36.1 Å². The molecule has 2 heterocycles. The van der Waals surface area contributed by atoms with Crippen molar-refractivity contribution in [3.05, 3.63) is 24.3 Å². The molecule has 1 N–H and O–H groups in total.